The summed E-state index contributed by atoms with van der Waals surface area (Å²) in [7, 11) is 0. The summed E-state index contributed by atoms with van der Waals surface area (Å²) in [4.78, 5) is 27.8. The zero-order valence-electron chi connectivity index (χ0n) is 17.5. The first-order valence-electron chi connectivity index (χ1n) is 10.4. The van der Waals surface area contributed by atoms with Gasteiger partial charge in [0.1, 0.15) is 5.75 Å². The standard InChI is InChI=1S/C24H30N2O3/c1-4-22(29-19-9-7-8-18(3)16-19)23(27)25-21-11-6-5-10-20(21)24(28)26-14-12-17(2)13-15-26/h5-11,16-17,22H,4,12-15H2,1-3H3,(H,25,27). The number of carbonyl (C=O) groups is 2. The van der Waals surface area contributed by atoms with Gasteiger partial charge in [0.2, 0.25) is 0 Å². The van der Waals surface area contributed by atoms with Gasteiger partial charge in [0.15, 0.2) is 6.10 Å². The van der Waals surface area contributed by atoms with E-state index >= 15 is 0 Å². The predicted molar refractivity (Wildman–Crippen MR) is 115 cm³/mol. The molecule has 2 amide bonds. The summed E-state index contributed by atoms with van der Waals surface area (Å²) in [6, 6.07) is 14.8. The summed E-state index contributed by atoms with van der Waals surface area (Å²) >= 11 is 0. The van der Waals surface area contributed by atoms with Crippen molar-refractivity contribution in [3.05, 3.63) is 59.7 Å². The Kier molecular flexibility index (Phi) is 6.91. The van der Waals surface area contributed by atoms with E-state index in [4.69, 9.17) is 4.74 Å². The van der Waals surface area contributed by atoms with E-state index in [1.807, 2.05) is 55.1 Å². The first kappa shape index (κ1) is 20.9. The molecule has 0 aromatic heterocycles. The molecular weight excluding hydrogens is 364 g/mol. The number of nitrogens with zero attached hydrogens (tertiary/aromatic N) is 1. The summed E-state index contributed by atoms with van der Waals surface area (Å²) in [5, 5.41) is 2.91. The number of nitrogens with one attached hydrogen (secondary N) is 1. The second-order valence-electron chi connectivity index (χ2n) is 7.84. The van der Waals surface area contributed by atoms with Crippen LogP contribution in [0.5, 0.6) is 5.75 Å². The Balaban J connectivity index is 1.72. The number of rotatable bonds is 6. The van der Waals surface area contributed by atoms with Gasteiger partial charge in [-0.15, -0.1) is 0 Å². The molecule has 0 bridgehead atoms. The maximum Gasteiger partial charge on any atom is 0.265 e. The minimum absolute atomic E-state index is 0.0274. The third-order valence-corrected chi connectivity index (χ3v) is 5.42. The molecule has 1 saturated heterocycles. The van der Waals surface area contributed by atoms with E-state index in [9.17, 15) is 9.59 Å². The lowest BCUT2D eigenvalue weighted by Gasteiger charge is -2.31. The minimum atomic E-state index is -0.629. The summed E-state index contributed by atoms with van der Waals surface area (Å²) in [5.41, 5.74) is 2.14. The SMILES string of the molecule is CCC(Oc1cccc(C)c1)C(=O)Nc1ccccc1C(=O)N1CCC(C)CC1. The lowest BCUT2D eigenvalue weighted by atomic mass is 9.98. The maximum atomic E-state index is 13.0. The van der Waals surface area contributed by atoms with Gasteiger partial charge in [-0.2, -0.15) is 0 Å². The second kappa shape index (κ2) is 9.59. The van der Waals surface area contributed by atoms with Crippen molar-refractivity contribution in [2.24, 2.45) is 5.92 Å². The van der Waals surface area contributed by atoms with Crippen molar-refractivity contribution < 1.29 is 14.3 Å². The van der Waals surface area contributed by atoms with Gasteiger partial charge in [0, 0.05) is 13.1 Å². The van der Waals surface area contributed by atoms with Crippen LogP contribution in [-0.4, -0.2) is 35.9 Å². The number of likely N-dealkylation sites (tertiary alicyclic amines) is 1. The summed E-state index contributed by atoms with van der Waals surface area (Å²) in [6.45, 7) is 7.63. The molecule has 3 rings (SSSR count). The highest BCUT2D eigenvalue weighted by Crippen LogP contribution is 2.23. The van der Waals surface area contributed by atoms with Crippen LogP contribution in [0, 0.1) is 12.8 Å². The lowest BCUT2D eigenvalue weighted by Crippen LogP contribution is -2.38. The minimum Gasteiger partial charge on any atom is -0.481 e. The largest absolute Gasteiger partial charge is 0.481 e. The van der Waals surface area contributed by atoms with Gasteiger partial charge >= 0.3 is 0 Å². The Morgan fingerprint density at radius 2 is 1.86 bits per heavy atom. The number of benzene rings is 2. The number of amides is 2. The molecule has 1 unspecified atom stereocenters. The van der Waals surface area contributed by atoms with Crippen LogP contribution in [0.3, 0.4) is 0 Å². The van der Waals surface area contributed by atoms with Gasteiger partial charge in [-0.1, -0.05) is 38.1 Å². The number of hydrogen-bond acceptors (Lipinski definition) is 3. The molecule has 1 heterocycles. The lowest BCUT2D eigenvalue weighted by molar-refractivity contribution is -0.122. The molecule has 1 N–H and O–H groups in total. The third-order valence-electron chi connectivity index (χ3n) is 5.42. The van der Waals surface area contributed by atoms with Gasteiger partial charge in [-0.25, -0.2) is 0 Å². The molecular formula is C24H30N2O3. The van der Waals surface area contributed by atoms with Crippen LogP contribution in [0.25, 0.3) is 0 Å². The number of piperidine rings is 1. The van der Waals surface area contributed by atoms with Crippen LogP contribution in [0.4, 0.5) is 5.69 Å². The average Bonchev–Trinajstić information content (AvgIpc) is 2.72. The van der Waals surface area contributed by atoms with Crippen LogP contribution in [0.2, 0.25) is 0 Å². The van der Waals surface area contributed by atoms with Crippen LogP contribution in [-0.2, 0) is 4.79 Å². The quantitative estimate of drug-likeness (QED) is 0.775. The van der Waals surface area contributed by atoms with Crippen LogP contribution < -0.4 is 10.1 Å². The van der Waals surface area contributed by atoms with Gasteiger partial charge < -0.3 is 15.0 Å². The fourth-order valence-electron chi connectivity index (χ4n) is 3.55. The van der Waals surface area contributed by atoms with E-state index in [1.54, 1.807) is 12.1 Å². The molecule has 1 atom stereocenters. The van der Waals surface area contributed by atoms with Gasteiger partial charge in [-0.05, 0) is 61.9 Å². The number of aryl methyl sites for hydroxylation is 1. The smallest absolute Gasteiger partial charge is 0.265 e. The van der Waals surface area contributed by atoms with Crippen molar-refractivity contribution in [3.8, 4) is 5.75 Å². The molecule has 29 heavy (non-hydrogen) atoms. The van der Waals surface area contributed by atoms with Crippen molar-refractivity contribution in [1.82, 2.24) is 4.90 Å². The first-order valence-corrected chi connectivity index (χ1v) is 10.4. The molecule has 1 fully saturated rings. The van der Waals surface area contributed by atoms with Crippen LogP contribution in [0.1, 0.15) is 49.0 Å². The Morgan fingerprint density at radius 3 is 2.55 bits per heavy atom. The third kappa shape index (κ3) is 5.37. The molecule has 0 radical (unpaired) electrons. The topological polar surface area (TPSA) is 58.6 Å². The molecule has 1 aliphatic heterocycles. The maximum absolute atomic E-state index is 13.0. The fraction of sp³-hybridized carbons (Fsp3) is 0.417. The molecule has 0 aliphatic carbocycles. The zero-order chi connectivity index (χ0) is 20.8. The van der Waals surface area contributed by atoms with Crippen LogP contribution >= 0.6 is 0 Å². The Bertz CT molecular complexity index is 857. The van der Waals surface area contributed by atoms with E-state index in [0.29, 0.717) is 29.3 Å². The van der Waals surface area contributed by atoms with Crippen molar-refractivity contribution in [2.45, 2.75) is 46.1 Å². The van der Waals surface area contributed by atoms with E-state index in [2.05, 4.69) is 12.2 Å². The van der Waals surface area contributed by atoms with Crippen molar-refractivity contribution >= 4 is 17.5 Å². The predicted octanol–water partition coefficient (Wildman–Crippen LogP) is 4.66. The number of ether oxygens (including phenoxy) is 1. The van der Waals surface area contributed by atoms with Gasteiger partial charge in [-0.3, -0.25) is 9.59 Å². The van der Waals surface area contributed by atoms with Crippen molar-refractivity contribution in [3.63, 3.8) is 0 Å². The zero-order valence-corrected chi connectivity index (χ0v) is 17.5. The monoisotopic (exact) mass is 394 g/mol. The van der Waals surface area contributed by atoms with E-state index in [1.165, 1.54) is 0 Å². The number of anilines is 1. The molecule has 154 valence electrons. The summed E-state index contributed by atoms with van der Waals surface area (Å²) in [6.07, 6.45) is 1.93. The number of para-hydroxylation sites is 1. The van der Waals surface area contributed by atoms with E-state index in [-0.39, 0.29) is 11.8 Å². The van der Waals surface area contributed by atoms with Gasteiger partial charge in [0.05, 0.1) is 11.3 Å². The second-order valence-corrected chi connectivity index (χ2v) is 7.84. The molecule has 2 aromatic rings. The van der Waals surface area contributed by atoms with Crippen molar-refractivity contribution in [2.75, 3.05) is 18.4 Å². The number of hydrogen-bond donors (Lipinski definition) is 1. The summed E-state index contributed by atoms with van der Waals surface area (Å²) < 4.78 is 5.90. The highest BCUT2D eigenvalue weighted by molar-refractivity contribution is 6.04. The first-order chi connectivity index (χ1) is 14.0. The van der Waals surface area contributed by atoms with Crippen molar-refractivity contribution in [1.29, 1.82) is 0 Å². The van der Waals surface area contributed by atoms with Crippen LogP contribution in [0.15, 0.2) is 48.5 Å². The highest BCUT2D eigenvalue weighted by Gasteiger charge is 2.25. The highest BCUT2D eigenvalue weighted by atomic mass is 16.5. The molecule has 0 saturated carbocycles. The number of carbonyl (C=O) groups excluding carboxylic acids is 2. The Morgan fingerprint density at radius 1 is 1.14 bits per heavy atom. The Labute approximate surface area is 173 Å². The average molecular weight is 395 g/mol. The molecule has 5 heteroatoms. The molecule has 5 nitrogen and oxygen atoms in total. The molecule has 1 aliphatic rings. The van der Waals surface area contributed by atoms with E-state index < -0.39 is 6.10 Å². The van der Waals surface area contributed by atoms with Gasteiger partial charge in [0.25, 0.3) is 11.8 Å². The normalized spacial score (nSPS) is 15.6. The fourth-order valence-corrected chi connectivity index (χ4v) is 3.55. The summed E-state index contributed by atoms with van der Waals surface area (Å²) in [5.74, 6) is 1.04. The molecule has 0 spiro atoms. The Hall–Kier alpha value is -2.82. The molecule has 2 aromatic carbocycles. The van der Waals surface area contributed by atoms with E-state index in [0.717, 1.165) is 31.5 Å².